The Balaban J connectivity index is 2.36. The first-order valence-electron chi connectivity index (χ1n) is 6.66. The van der Waals surface area contributed by atoms with Gasteiger partial charge in [0.2, 0.25) is 0 Å². The topological polar surface area (TPSA) is 34.1 Å². The number of pyridine rings is 1. The van der Waals surface area contributed by atoms with Crippen molar-refractivity contribution in [2.24, 2.45) is 0 Å². The molecule has 1 aromatic heterocycles. The maximum Gasteiger partial charge on any atom is 0.137 e. The minimum Gasteiger partial charge on any atom is -0.492 e. The van der Waals surface area contributed by atoms with Crippen LogP contribution in [-0.4, -0.2) is 18.6 Å². The summed E-state index contributed by atoms with van der Waals surface area (Å²) in [6.07, 6.45) is 3.48. The van der Waals surface area contributed by atoms with Gasteiger partial charge in [-0.15, -0.1) is 0 Å². The van der Waals surface area contributed by atoms with Crippen molar-refractivity contribution in [1.82, 2.24) is 10.3 Å². The van der Waals surface area contributed by atoms with Gasteiger partial charge in [-0.25, -0.2) is 4.39 Å². The van der Waals surface area contributed by atoms with Gasteiger partial charge < -0.3 is 10.1 Å². The summed E-state index contributed by atoms with van der Waals surface area (Å²) in [5, 5.41) is 3.23. The average molecular weight is 274 g/mol. The van der Waals surface area contributed by atoms with E-state index in [9.17, 15) is 4.39 Å². The van der Waals surface area contributed by atoms with Crippen molar-refractivity contribution in [3.8, 4) is 5.75 Å². The Hall–Kier alpha value is -1.94. The predicted molar refractivity (Wildman–Crippen MR) is 77.4 cm³/mol. The monoisotopic (exact) mass is 274 g/mol. The molecule has 20 heavy (non-hydrogen) atoms. The molecule has 1 aromatic carbocycles. The van der Waals surface area contributed by atoms with E-state index in [-0.39, 0.29) is 11.9 Å². The van der Waals surface area contributed by atoms with E-state index in [1.165, 1.54) is 6.07 Å². The van der Waals surface area contributed by atoms with Crippen molar-refractivity contribution in [2.45, 2.75) is 19.9 Å². The molecule has 0 aliphatic carbocycles. The summed E-state index contributed by atoms with van der Waals surface area (Å²) in [7, 11) is 1.87. The summed E-state index contributed by atoms with van der Waals surface area (Å²) in [6.45, 7) is 4.30. The number of aryl methyl sites for hydroxylation is 1. The standard InChI is InChI=1S/C16H19FN2O/c1-4-20-14-8-13(9-19-10-14)16(18-3)12-5-6-15(17)11(2)7-12/h5-10,16,18H,4H2,1-3H3. The lowest BCUT2D eigenvalue weighted by atomic mass is 9.98. The van der Waals surface area contributed by atoms with Crippen molar-refractivity contribution >= 4 is 0 Å². The molecule has 1 atom stereocenters. The van der Waals surface area contributed by atoms with Gasteiger partial charge in [0.05, 0.1) is 18.8 Å². The van der Waals surface area contributed by atoms with Crippen LogP contribution in [0.2, 0.25) is 0 Å². The molecule has 1 N–H and O–H groups in total. The number of nitrogens with one attached hydrogen (secondary N) is 1. The number of ether oxygens (including phenoxy) is 1. The van der Waals surface area contributed by atoms with E-state index in [0.29, 0.717) is 12.2 Å². The highest BCUT2D eigenvalue weighted by atomic mass is 19.1. The number of nitrogens with zero attached hydrogens (tertiary/aromatic N) is 1. The number of aromatic nitrogens is 1. The zero-order chi connectivity index (χ0) is 14.5. The van der Waals surface area contributed by atoms with E-state index in [4.69, 9.17) is 4.74 Å². The first-order chi connectivity index (χ1) is 9.65. The summed E-state index contributed by atoms with van der Waals surface area (Å²) < 4.78 is 18.8. The fourth-order valence-corrected chi connectivity index (χ4v) is 2.21. The molecular formula is C16H19FN2O. The maximum absolute atomic E-state index is 13.4. The lowest BCUT2D eigenvalue weighted by Crippen LogP contribution is -2.18. The number of rotatable bonds is 5. The van der Waals surface area contributed by atoms with Crippen LogP contribution in [0.1, 0.15) is 29.7 Å². The number of hydrogen-bond donors (Lipinski definition) is 1. The number of benzene rings is 1. The summed E-state index contributed by atoms with van der Waals surface area (Å²) >= 11 is 0. The second-order valence-corrected chi connectivity index (χ2v) is 4.62. The molecular weight excluding hydrogens is 255 g/mol. The van der Waals surface area contributed by atoms with Gasteiger partial charge in [0.1, 0.15) is 11.6 Å². The van der Waals surface area contributed by atoms with Crippen LogP contribution in [0.3, 0.4) is 0 Å². The van der Waals surface area contributed by atoms with Crippen LogP contribution in [0, 0.1) is 12.7 Å². The average Bonchev–Trinajstić information content (AvgIpc) is 2.44. The fourth-order valence-electron chi connectivity index (χ4n) is 2.21. The molecule has 106 valence electrons. The van der Waals surface area contributed by atoms with Crippen molar-refractivity contribution in [1.29, 1.82) is 0 Å². The van der Waals surface area contributed by atoms with Gasteiger partial charge in [-0.05, 0) is 49.7 Å². The molecule has 2 rings (SSSR count). The highest BCUT2D eigenvalue weighted by molar-refractivity contribution is 5.36. The Morgan fingerprint density at radius 3 is 2.70 bits per heavy atom. The third-order valence-corrected chi connectivity index (χ3v) is 3.18. The molecule has 0 spiro atoms. The van der Waals surface area contributed by atoms with Crippen molar-refractivity contribution in [3.05, 3.63) is 59.2 Å². The normalized spacial score (nSPS) is 12.2. The van der Waals surface area contributed by atoms with Crippen LogP contribution in [0.25, 0.3) is 0 Å². The van der Waals surface area contributed by atoms with Crippen LogP contribution < -0.4 is 10.1 Å². The van der Waals surface area contributed by atoms with E-state index in [1.54, 1.807) is 25.4 Å². The minimum atomic E-state index is -0.190. The molecule has 0 saturated heterocycles. The predicted octanol–water partition coefficient (Wildman–Crippen LogP) is 3.24. The summed E-state index contributed by atoms with van der Waals surface area (Å²) in [5.41, 5.74) is 2.63. The molecule has 4 heteroatoms. The molecule has 0 amide bonds. The molecule has 3 nitrogen and oxygen atoms in total. The van der Waals surface area contributed by atoms with Crippen LogP contribution in [-0.2, 0) is 0 Å². The molecule has 0 aliphatic heterocycles. The van der Waals surface area contributed by atoms with Crippen molar-refractivity contribution in [3.63, 3.8) is 0 Å². The van der Waals surface area contributed by atoms with Gasteiger partial charge in [-0.1, -0.05) is 12.1 Å². The minimum absolute atomic E-state index is 0.0396. The Bertz CT molecular complexity index is 586. The van der Waals surface area contributed by atoms with Gasteiger partial charge in [0, 0.05) is 6.20 Å². The largest absolute Gasteiger partial charge is 0.492 e. The Kier molecular flexibility index (Phi) is 4.69. The highest BCUT2D eigenvalue weighted by Crippen LogP contribution is 2.25. The SMILES string of the molecule is CCOc1cncc(C(NC)c2ccc(F)c(C)c2)c1. The summed E-state index contributed by atoms with van der Waals surface area (Å²) in [4.78, 5) is 4.20. The third kappa shape index (κ3) is 3.14. The molecule has 0 fully saturated rings. The van der Waals surface area contributed by atoms with E-state index < -0.39 is 0 Å². The maximum atomic E-state index is 13.4. The molecule has 1 unspecified atom stereocenters. The van der Waals surface area contributed by atoms with Crippen LogP contribution in [0.5, 0.6) is 5.75 Å². The highest BCUT2D eigenvalue weighted by Gasteiger charge is 2.14. The van der Waals surface area contributed by atoms with E-state index in [0.717, 1.165) is 16.9 Å². The molecule has 0 bridgehead atoms. The quantitative estimate of drug-likeness (QED) is 0.909. The number of halogens is 1. The lowest BCUT2D eigenvalue weighted by Gasteiger charge is -2.18. The third-order valence-electron chi connectivity index (χ3n) is 3.18. The first kappa shape index (κ1) is 14.5. The molecule has 0 saturated carbocycles. The van der Waals surface area contributed by atoms with Gasteiger partial charge >= 0.3 is 0 Å². The molecule has 0 aliphatic rings. The van der Waals surface area contributed by atoms with Gasteiger partial charge in [0.15, 0.2) is 0 Å². The molecule has 0 radical (unpaired) electrons. The second kappa shape index (κ2) is 6.48. The smallest absolute Gasteiger partial charge is 0.137 e. The van der Waals surface area contributed by atoms with E-state index in [1.807, 2.05) is 26.1 Å². The van der Waals surface area contributed by atoms with Crippen molar-refractivity contribution < 1.29 is 9.13 Å². The molecule has 1 heterocycles. The Morgan fingerprint density at radius 2 is 2.05 bits per heavy atom. The zero-order valence-electron chi connectivity index (χ0n) is 12.0. The summed E-state index contributed by atoms with van der Waals surface area (Å²) in [6, 6.07) is 7.05. The lowest BCUT2D eigenvalue weighted by molar-refractivity contribution is 0.338. The number of hydrogen-bond acceptors (Lipinski definition) is 3. The fraction of sp³-hybridized carbons (Fsp3) is 0.312. The van der Waals surface area contributed by atoms with E-state index >= 15 is 0 Å². The Labute approximate surface area is 118 Å². The van der Waals surface area contributed by atoms with E-state index in [2.05, 4.69) is 10.3 Å². The van der Waals surface area contributed by atoms with Crippen LogP contribution in [0.4, 0.5) is 4.39 Å². The summed E-state index contributed by atoms with van der Waals surface area (Å²) in [5.74, 6) is 0.550. The van der Waals surface area contributed by atoms with Gasteiger partial charge in [-0.2, -0.15) is 0 Å². The zero-order valence-corrected chi connectivity index (χ0v) is 12.0. The van der Waals surface area contributed by atoms with Crippen molar-refractivity contribution in [2.75, 3.05) is 13.7 Å². The van der Waals surface area contributed by atoms with Crippen LogP contribution >= 0.6 is 0 Å². The molecule has 2 aromatic rings. The Morgan fingerprint density at radius 1 is 1.25 bits per heavy atom. The van der Waals surface area contributed by atoms with Gasteiger partial charge in [-0.3, -0.25) is 4.98 Å². The second-order valence-electron chi connectivity index (χ2n) is 4.62. The first-order valence-corrected chi connectivity index (χ1v) is 6.66. The van der Waals surface area contributed by atoms with Gasteiger partial charge in [0.25, 0.3) is 0 Å². The van der Waals surface area contributed by atoms with Crippen LogP contribution in [0.15, 0.2) is 36.7 Å².